The number of furan rings is 1. The highest BCUT2D eigenvalue weighted by Gasteiger charge is 2.12. The summed E-state index contributed by atoms with van der Waals surface area (Å²) >= 11 is 1.42. The fraction of sp³-hybridized carbons (Fsp3) is 0.333. The van der Waals surface area contributed by atoms with E-state index in [9.17, 15) is 4.39 Å². The minimum absolute atomic E-state index is 0.186. The van der Waals surface area contributed by atoms with Gasteiger partial charge in [-0.1, -0.05) is 37.7 Å². The minimum Gasteiger partial charge on any atom is -0.468 e. The molecule has 4 heteroatoms. The van der Waals surface area contributed by atoms with Crippen molar-refractivity contribution in [1.82, 2.24) is 5.32 Å². The van der Waals surface area contributed by atoms with Crippen LogP contribution in [0.15, 0.2) is 44.7 Å². The summed E-state index contributed by atoms with van der Waals surface area (Å²) in [5, 5.41) is 3.32. The molecule has 0 aliphatic rings. The first-order valence-corrected chi connectivity index (χ1v) is 7.12. The van der Waals surface area contributed by atoms with Crippen LogP contribution in [0.3, 0.4) is 0 Å². The first-order chi connectivity index (χ1) is 9.08. The van der Waals surface area contributed by atoms with Crippen LogP contribution < -0.4 is 5.32 Å². The molecule has 0 amide bonds. The summed E-state index contributed by atoms with van der Waals surface area (Å²) in [6.07, 6.45) is 1.63. The number of hydrogen-bond acceptors (Lipinski definition) is 3. The lowest BCUT2D eigenvalue weighted by Gasteiger charge is -2.12. The Morgan fingerprint density at radius 2 is 2.11 bits per heavy atom. The second-order valence-electron chi connectivity index (χ2n) is 4.71. The Balaban J connectivity index is 2.25. The molecule has 0 atom stereocenters. The molecule has 19 heavy (non-hydrogen) atoms. The number of nitrogens with one attached hydrogen (secondary N) is 1. The monoisotopic (exact) mass is 279 g/mol. The van der Waals surface area contributed by atoms with Gasteiger partial charge in [-0.25, -0.2) is 4.39 Å². The molecule has 0 aliphatic heterocycles. The average molecular weight is 279 g/mol. The molecule has 0 radical (unpaired) electrons. The van der Waals surface area contributed by atoms with Crippen molar-refractivity contribution < 1.29 is 8.81 Å². The first-order valence-electron chi connectivity index (χ1n) is 6.30. The van der Waals surface area contributed by atoms with E-state index in [-0.39, 0.29) is 5.82 Å². The molecule has 102 valence electrons. The Morgan fingerprint density at radius 3 is 2.74 bits per heavy atom. The second-order valence-corrected chi connectivity index (χ2v) is 5.76. The molecule has 1 heterocycles. The van der Waals surface area contributed by atoms with Crippen LogP contribution in [0.1, 0.15) is 25.2 Å². The van der Waals surface area contributed by atoms with Crippen LogP contribution in [0.25, 0.3) is 0 Å². The van der Waals surface area contributed by atoms with Crippen molar-refractivity contribution in [1.29, 1.82) is 0 Å². The molecule has 1 aromatic carbocycles. The van der Waals surface area contributed by atoms with E-state index in [1.165, 1.54) is 17.8 Å². The first kappa shape index (κ1) is 14.2. The molecule has 2 rings (SSSR count). The predicted molar refractivity (Wildman–Crippen MR) is 75.9 cm³/mol. The standard InChI is InChI=1S/C15H18FNOS/c1-10(2)17-9-12-5-4-6-13(16)15(12)19-14-7-8-18-11(14)3/h4-8,10,17H,9H2,1-3H3. The molecule has 0 saturated heterocycles. The van der Waals surface area contributed by atoms with Gasteiger partial charge in [-0.05, 0) is 24.6 Å². The quantitative estimate of drug-likeness (QED) is 0.879. The highest BCUT2D eigenvalue weighted by atomic mass is 32.2. The van der Waals surface area contributed by atoms with Crippen molar-refractivity contribution in [3.8, 4) is 0 Å². The van der Waals surface area contributed by atoms with E-state index in [0.717, 1.165) is 16.2 Å². The van der Waals surface area contributed by atoms with E-state index in [0.29, 0.717) is 17.5 Å². The maximum absolute atomic E-state index is 14.0. The van der Waals surface area contributed by atoms with Crippen molar-refractivity contribution in [2.24, 2.45) is 0 Å². The van der Waals surface area contributed by atoms with Crippen LogP contribution in [-0.4, -0.2) is 6.04 Å². The maximum Gasteiger partial charge on any atom is 0.137 e. The zero-order chi connectivity index (χ0) is 13.8. The van der Waals surface area contributed by atoms with Gasteiger partial charge in [-0.15, -0.1) is 0 Å². The number of rotatable bonds is 5. The lowest BCUT2D eigenvalue weighted by Crippen LogP contribution is -2.22. The molecule has 0 fully saturated rings. The minimum atomic E-state index is -0.186. The second kappa shape index (κ2) is 6.26. The molecule has 0 bridgehead atoms. The fourth-order valence-corrected chi connectivity index (χ4v) is 2.68. The van der Waals surface area contributed by atoms with Gasteiger partial charge in [0.1, 0.15) is 11.6 Å². The summed E-state index contributed by atoms with van der Waals surface area (Å²) in [6.45, 7) is 6.70. The van der Waals surface area contributed by atoms with E-state index in [2.05, 4.69) is 19.2 Å². The summed E-state index contributed by atoms with van der Waals surface area (Å²) in [5.41, 5.74) is 0.972. The number of benzene rings is 1. The largest absolute Gasteiger partial charge is 0.468 e. The molecular formula is C15H18FNOS. The van der Waals surface area contributed by atoms with Crippen molar-refractivity contribution in [2.45, 2.75) is 43.1 Å². The number of halogens is 1. The highest BCUT2D eigenvalue weighted by molar-refractivity contribution is 7.99. The summed E-state index contributed by atoms with van der Waals surface area (Å²) < 4.78 is 19.3. The third-order valence-corrected chi connectivity index (χ3v) is 4.08. The van der Waals surface area contributed by atoms with Crippen molar-refractivity contribution in [2.75, 3.05) is 0 Å². The Labute approximate surface area is 117 Å². The topological polar surface area (TPSA) is 25.2 Å². The van der Waals surface area contributed by atoms with Gasteiger partial charge in [0, 0.05) is 12.6 Å². The van der Waals surface area contributed by atoms with E-state index in [1.54, 1.807) is 12.3 Å². The highest BCUT2D eigenvalue weighted by Crippen LogP contribution is 2.35. The smallest absolute Gasteiger partial charge is 0.137 e. The van der Waals surface area contributed by atoms with Gasteiger partial charge in [-0.3, -0.25) is 0 Å². The van der Waals surface area contributed by atoms with Crippen molar-refractivity contribution >= 4 is 11.8 Å². The molecule has 2 aromatic rings. The summed E-state index contributed by atoms with van der Waals surface area (Å²) in [6, 6.07) is 7.44. The van der Waals surface area contributed by atoms with E-state index in [4.69, 9.17) is 4.42 Å². The van der Waals surface area contributed by atoms with E-state index in [1.807, 2.05) is 19.1 Å². The Morgan fingerprint density at radius 1 is 1.32 bits per heavy atom. The Kier molecular flexibility index (Phi) is 4.66. The summed E-state index contributed by atoms with van der Waals surface area (Å²) in [7, 11) is 0. The molecule has 1 N–H and O–H groups in total. The fourth-order valence-electron chi connectivity index (χ4n) is 1.71. The van der Waals surface area contributed by atoms with Gasteiger partial charge < -0.3 is 9.73 Å². The zero-order valence-electron chi connectivity index (χ0n) is 11.4. The average Bonchev–Trinajstić information content (AvgIpc) is 2.76. The molecule has 2 nitrogen and oxygen atoms in total. The van der Waals surface area contributed by atoms with Crippen LogP contribution in [-0.2, 0) is 6.54 Å². The van der Waals surface area contributed by atoms with Crippen LogP contribution >= 0.6 is 11.8 Å². The summed E-state index contributed by atoms with van der Waals surface area (Å²) in [5.74, 6) is 0.629. The van der Waals surface area contributed by atoms with E-state index >= 15 is 0 Å². The zero-order valence-corrected chi connectivity index (χ0v) is 12.2. The van der Waals surface area contributed by atoms with E-state index < -0.39 is 0 Å². The molecule has 0 saturated carbocycles. The lowest BCUT2D eigenvalue weighted by atomic mass is 10.2. The van der Waals surface area contributed by atoms with Crippen LogP contribution in [0.2, 0.25) is 0 Å². The van der Waals surface area contributed by atoms with Gasteiger partial charge in [0.05, 0.1) is 16.1 Å². The SMILES string of the molecule is Cc1occc1Sc1c(F)cccc1CNC(C)C. The van der Waals surface area contributed by atoms with Crippen LogP contribution in [0.5, 0.6) is 0 Å². The third-order valence-electron chi connectivity index (χ3n) is 2.77. The normalized spacial score (nSPS) is 11.2. The Hall–Kier alpha value is -1.26. The van der Waals surface area contributed by atoms with Crippen molar-refractivity contribution in [3.63, 3.8) is 0 Å². The van der Waals surface area contributed by atoms with Gasteiger partial charge in [0.2, 0.25) is 0 Å². The number of hydrogen-bond donors (Lipinski definition) is 1. The summed E-state index contributed by atoms with van der Waals surface area (Å²) in [4.78, 5) is 1.62. The molecule has 1 aromatic heterocycles. The maximum atomic E-state index is 14.0. The van der Waals surface area contributed by atoms with Crippen LogP contribution in [0.4, 0.5) is 4.39 Å². The van der Waals surface area contributed by atoms with Gasteiger partial charge in [0.25, 0.3) is 0 Å². The molecular weight excluding hydrogens is 261 g/mol. The van der Waals surface area contributed by atoms with Gasteiger partial charge in [-0.2, -0.15) is 0 Å². The number of aryl methyl sites for hydroxylation is 1. The predicted octanol–water partition coefficient (Wildman–Crippen LogP) is 4.38. The van der Waals surface area contributed by atoms with Gasteiger partial charge >= 0.3 is 0 Å². The Bertz CT molecular complexity index is 551. The molecule has 0 spiro atoms. The third kappa shape index (κ3) is 3.61. The van der Waals surface area contributed by atoms with Crippen molar-refractivity contribution in [3.05, 3.63) is 47.7 Å². The van der Waals surface area contributed by atoms with Gasteiger partial charge in [0.15, 0.2) is 0 Å². The lowest BCUT2D eigenvalue weighted by molar-refractivity contribution is 0.526. The van der Waals surface area contributed by atoms with Crippen LogP contribution in [0, 0.1) is 12.7 Å². The molecule has 0 aliphatic carbocycles. The molecule has 0 unspecified atom stereocenters.